The number of aromatic nitrogens is 4. The van der Waals surface area contributed by atoms with Crippen molar-refractivity contribution in [3.8, 4) is 5.75 Å². The van der Waals surface area contributed by atoms with E-state index in [2.05, 4.69) is 44.0 Å². The van der Waals surface area contributed by atoms with Gasteiger partial charge in [0.1, 0.15) is 10.9 Å². The third-order valence-electron chi connectivity index (χ3n) is 6.80. The van der Waals surface area contributed by atoms with Crippen molar-refractivity contribution in [1.29, 1.82) is 0 Å². The number of ether oxygens (including phenoxy) is 1. The van der Waals surface area contributed by atoms with Crippen molar-refractivity contribution in [1.82, 2.24) is 30.2 Å². The first kappa shape index (κ1) is 28.1. The number of anilines is 2. The molecule has 12 heteroatoms. The van der Waals surface area contributed by atoms with Gasteiger partial charge in [-0.15, -0.1) is 0 Å². The van der Waals surface area contributed by atoms with Crippen molar-refractivity contribution in [2.24, 2.45) is 0 Å². The first-order chi connectivity index (χ1) is 18.7. The predicted octanol–water partition coefficient (Wildman–Crippen LogP) is 3.22. The van der Waals surface area contributed by atoms with Gasteiger partial charge in [-0.2, -0.15) is 4.98 Å². The number of carbonyl (C=O) groups is 2. The van der Waals surface area contributed by atoms with Gasteiger partial charge >= 0.3 is 0 Å². The maximum atomic E-state index is 13.7. The Kier molecular flexibility index (Phi) is 8.51. The number of likely N-dealkylation sites (N-methyl/N-ethyl adjacent to an activating group) is 1. The zero-order chi connectivity index (χ0) is 28.3. The molecule has 0 atom stereocenters. The van der Waals surface area contributed by atoms with Gasteiger partial charge in [0.15, 0.2) is 5.82 Å². The number of nitrogens with two attached hydrogens (primary N) is 1. The molecule has 2 amide bonds. The number of hydrogen-bond donors (Lipinski definition) is 3. The van der Waals surface area contributed by atoms with E-state index in [0.29, 0.717) is 40.6 Å². The van der Waals surface area contributed by atoms with Gasteiger partial charge in [0, 0.05) is 42.3 Å². The summed E-state index contributed by atoms with van der Waals surface area (Å²) in [6.45, 7) is 11.2. The summed E-state index contributed by atoms with van der Waals surface area (Å²) in [4.78, 5) is 46.0. The van der Waals surface area contributed by atoms with E-state index < -0.39 is 0 Å². The van der Waals surface area contributed by atoms with Crippen LogP contribution in [0.4, 0.5) is 11.8 Å². The number of nitrogens with zero attached hydrogens (tertiary/aromatic N) is 5. The third kappa shape index (κ3) is 5.74. The van der Waals surface area contributed by atoms with Gasteiger partial charge in [-0.25, -0.2) is 4.98 Å². The van der Waals surface area contributed by atoms with Gasteiger partial charge < -0.3 is 25.7 Å². The number of hydrogen-bond acceptors (Lipinski definition) is 8. The Morgan fingerprint density at radius 3 is 2.72 bits per heavy atom. The molecule has 0 fully saturated rings. The number of methoxy groups -OCH3 is 1. The Morgan fingerprint density at radius 2 is 2.03 bits per heavy atom. The van der Waals surface area contributed by atoms with Crippen LogP contribution in [0.1, 0.15) is 52.3 Å². The summed E-state index contributed by atoms with van der Waals surface area (Å²) >= 11 is 6.47. The number of amides is 2. The second-order valence-corrected chi connectivity index (χ2v) is 9.55. The average molecular weight is 553 g/mol. The lowest BCUT2D eigenvalue weighted by molar-refractivity contribution is -0.113. The summed E-state index contributed by atoms with van der Waals surface area (Å²) in [5, 5.41) is 2.99. The fourth-order valence-electron chi connectivity index (χ4n) is 4.63. The smallest absolute Gasteiger partial charge is 0.260 e. The Hall–Kier alpha value is -3.96. The molecule has 0 bridgehead atoms. The summed E-state index contributed by atoms with van der Waals surface area (Å²) in [6, 6.07) is 1.68. The highest BCUT2D eigenvalue weighted by atomic mass is 35.5. The van der Waals surface area contributed by atoms with Crippen molar-refractivity contribution in [2.75, 3.05) is 43.9 Å². The number of H-pyrrole nitrogens is 1. The molecule has 4 N–H and O–H groups in total. The van der Waals surface area contributed by atoms with Crippen LogP contribution in [0.2, 0.25) is 5.15 Å². The SMILES string of the molecule is CCN(CC)CCNC(=O)c1c[nH]c(/C=C2/C(=O)N(Cc3ncc(C)c(OC)c3C)c3nc(N)nc(Cl)c32)c1. The van der Waals surface area contributed by atoms with Crippen LogP contribution in [0.25, 0.3) is 11.6 Å². The van der Waals surface area contributed by atoms with E-state index in [1.807, 2.05) is 13.8 Å². The lowest BCUT2D eigenvalue weighted by Gasteiger charge is -2.19. The molecule has 206 valence electrons. The zero-order valence-electron chi connectivity index (χ0n) is 22.8. The Labute approximate surface area is 232 Å². The minimum Gasteiger partial charge on any atom is -0.496 e. The second-order valence-electron chi connectivity index (χ2n) is 9.19. The molecule has 1 aliphatic heterocycles. The van der Waals surface area contributed by atoms with Gasteiger partial charge in [-0.3, -0.25) is 19.5 Å². The molecule has 4 heterocycles. The summed E-state index contributed by atoms with van der Waals surface area (Å²) in [5.41, 5.74) is 9.90. The number of nitrogen functional groups attached to an aromatic ring is 1. The molecule has 0 aromatic carbocycles. The van der Waals surface area contributed by atoms with Crippen LogP contribution < -0.4 is 20.7 Å². The summed E-state index contributed by atoms with van der Waals surface area (Å²) < 4.78 is 5.52. The molecule has 0 saturated carbocycles. The number of rotatable bonds is 10. The van der Waals surface area contributed by atoms with E-state index in [4.69, 9.17) is 22.1 Å². The molecule has 0 unspecified atom stereocenters. The quantitative estimate of drug-likeness (QED) is 0.257. The molecule has 11 nitrogen and oxygen atoms in total. The molecule has 4 rings (SSSR count). The molecule has 1 aliphatic rings. The number of nitrogens with one attached hydrogen (secondary N) is 2. The number of aromatic amines is 1. The van der Waals surface area contributed by atoms with Gasteiger partial charge in [-0.05, 0) is 39.1 Å². The van der Waals surface area contributed by atoms with E-state index >= 15 is 0 Å². The zero-order valence-corrected chi connectivity index (χ0v) is 23.5. The molecular weight excluding hydrogens is 520 g/mol. The lowest BCUT2D eigenvalue weighted by Crippen LogP contribution is -2.34. The maximum absolute atomic E-state index is 13.7. The van der Waals surface area contributed by atoms with Gasteiger partial charge in [0.05, 0.1) is 36.0 Å². The van der Waals surface area contributed by atoms with E-state index in [0.717, 1.165) is 30.8 Å². The third-order valence-corrected chi connectivity index (χ3v) is 7.07. The molecule has 0 spiro atoms. The topological polar surface area (TPSA) is 142 Å². The Morgan fingerprint density at radius 1 is 1.28 bits per heavy atom. The summed E-state index contributed by atoms with van der Waals surface area (Å²) in [7, 11) is 1.60. The van der Waals surface area contributed by atoms with E-state index in [9.17, 15) is 9.59 Å². The van der Waals surface area contributed by atoms with Crippen LogP contribution >= 0.6 is 11.6 Å². The van der Waals surface area contributed by atoms with E-state index in [1.165, 1.54) is 4.90 Å². The molecule has 0 aliphatic carbocycles. The van der Waals surface area contributed by atoms with Crippen LogP contribution in [-0.4, -0.2) is 69.9 Å². The standard InChI is InChI=1S/C27H33ClN8O3/c1-6-35(7-2)9-8-30-25(37)17-10-18(31-13-17)11-19-21-23(28)33-27(29)34-24(21)36(26(19)38)14-20-16(4)22(39-5)15(3)12-32-20/h10-13,31H,6-9,14H2,1-5H3,(H,30,37)(H2,29,33,34)/b19-11+. The molecular formula is C27H33ClN8O3. The van der Waals surface area contributed by atoms with Crippen LogP contribution in [0.15, 0.2) is 18.5 Å². The van der Waals surface area contributed by atoms with E-state index in [1.54, 1.807) is 31.6 Å². The molecule has 3 aromatic rings. The van der Waals surface area contributed by atoms with Gasteiger partial charge in [0.2, 0.25) is 5.95 Å². The predicted molar refractivity (Wildman–Crippen MR) is 152 cm³/mol. The second kappa shape index (κ2) is 11.8. The fraction of sp³-hybridized carbons (Fsp3) is 0.370. The van der Waals surface area contributed by atoms with E-state index in [-0.39, 0.29) is 35.0 Å². The van der Waals surface area contributed by atoms with Gasteiger partial charge in [-0.1, -0.05) is 25.4 Å². The van der Waals surface area contributed by atoms with Crippen LogP contribution in [0.3, 0.4) is 0 Å². The average Bonchev–Trinajstić information content (AvgIpc) is 3.47. The van der Waals surface area contributed by atoms with Crippen molar-refractivity contribution in [2.45, 2.75) is 34.2 Å². The number of pyridine rings is 1. The highest BCUT2D eigenvalue weighted by Crippen LogP contribution is 2.41. The minimum atomic E-state index is -0.340. The largest absolute Gasteiger partial charge is 0.496 e. The Bertz CT molecular complexity index is 1430. The summed E-state index contributed by atoms with van der Waals surface area (Å²) in [6.07, 6.45) is 4.94. The van der Waals surface area contributed by atoms with Gasteiger partial charge in [0.25, 0.3) is 11.8 Å². The molecule has 3 aromatic heterocycles. The normalized spacial score (nSPS) is 13.9. The Balaban J connectivity index is 1.62. The molecule has 39 heavy (non-hydrogen) atoms. The number of carbonyl (C=O) groups excluding carboxylic acids is 2. The van der Waals surface area contributed by atoms with Crippen molar-refractivity contribution >= 4 is 46.8 Å². The van der Waals surface area contributed by atoms with Crippen molar-refractivity contribution < 1.29 is 14.3 Å². The first-order valence-corrected chi connectivity index (χ1v) is 13.1. The maximum Gasteiger partial charge on any atom is 0.260 e. The monoisotopic (exact) mass is 552 g/mol. The fourth-order valence-corrected chi connectivity index (χ4v) is 4.90. The number of fused-ring (bicyclic) bond motifs is 1. The van der Waals surface area contributed by atoms with Crippen LogP contribution in [0, 0.1) is 13.8 Å². The van der Waals surface area contributed by atoms with Crippen molar-refractivity contribution in [3.63, 3.8) is 0 Å². The van der Waals surface area contributed by atoms with Crippen LogP contribution in [-0.2, 0) is 11.3 Å². The molecule has 0 saturated heterocycles. The first-order valence-electron chi connectivity index (χ1n) is 12.7. The summed E-state index contributed by atoms with van der Waals surface area (Å²) in [5.74, 6) is 0.411. The highest BCUT2D eigenvalue weighted by Gasteiger charge is 2.37. The molecule has 0 radical (unpaired) electrons. The number of aryl methyl sites for hydroxylation is 1. The highest BCUT2D eigenvalue weighted by molar-refractivity contribution is 6.41. The number of halogens is 1. The van der Waals surface area contributed by atoms with Crippen molar-refractivity contribution in [3.05, 3.63) is 57.3 Å². The van der Waals surface area contributed by atoms with Crippen LogP contribution in [0.5, 0.6) is 5.75 Å². The lowest BCUT2D eigenvalue weighted by atomic mass is 10.1. The minimum absolute atomic E-state index is 0.0486.